The molecule has 0 saturated heterocycles. The van der Waals surface area contributed by atoms with Crippen LogP contribution in [-0.4, -0.2) is 22.1 Å². The smallest absolute Gasteiger partial charge is 0.329 e. The molecular weight excluding hydrogens is 330 g/mol. The van der Waals surface area contributed by atoms with Crippen molar-refractivity contribution in [1.82, 2.24) is 10.1 Å². The number of carbonyl (C=O) groups is 1. The van der Waals surface area contributed by atoms with Gasteiger partial charge in [-0.3, -0.25) is 4.79 Å². The molecule has 0 aliphatic carbocycles. The molecule has 0 unspecified atom stereocenters. The molecule has 0 saturated carbocycles. The summed E-state index contributed by atoms with van der Waals surface area (Å²) in [6.45, 7) is 0. The second-order valence-corrected chi connectivity index (χ2v) is 4.54. The van der Waals surface area contributed by atoms with E-state index in [-0.39, 0.29) is 17.8 Å². The number of aromatic nitrogens is 2. The van der Waals surface area contributed by atoms with Gasteiger partial charge in [-0.1, -0.05) is 29.4 Å². The summed E-state index contributed by atoms with van der Waals surface area (Å²) in [6, 6.07) is 5.42. The molecule has 0 amide bonds. The lowest BCUT2D eigenvalue weighted by Gasteiger charge is -2.05. The van der Waals surface area contributed by atoms with Gasteiger partial charge >= 0.3 is 18.2 Å². The fourth-order valence-corrected chi connectivity index (χ4v) is 1.68. The van der Waals surface area contributed by atoms with E-state index in [4.69, 9.17) is 0 Å². The number of nitrogens with zero attached hydrogens (tertiary/aromatic N) is 2. The SMILES string of the molecule is O=C(CCc1ccc(-c2noc(C(F)(F)F)n2)cc1)C(F)(F)F. The number of alkyl halides is 6. The topological polar surface area (TPSA) is 56.0 Å². The molecule has 0 fully saturated rings. The molecule has 0 aliphatic heterocycles. The highest BCUT2D eigenvalue weighted by Gasteiger charge is 2.38. The third-order valence-electron chi connectivity index (χ3n) is 2.84. The minimum Gasteiger partial charge on any atom is -0.329 e. The van der Waals surface area contributed by atoms with Crippen LogP contribution in [0, 0.1) is 0 Å². The third kappa shape index (κ3) is 4.30. The molecule has 4 nitrogen and oxygen atoms in total. The van der Waals surface area contributed by atoms with Gasteiger partial charge < -0.3 is 4.52 Å². The Hall–Kier alpha value is -2.39. The van der Waals surface area contributed by atoms with Crippen molar-refractivity contribution in [3.63, 3.8) is 0 Å². The van der Waals surface area contributed by atoms with Gasteiger partial charge in [0.25, 0.3) is 0 Å². The van der Waals surface area contributed by atoms with Crippen molar-refractivity contribution in [2.75, 3.05) is 0 Å². The maximum absolute atomic E-state index is 12.3. The number of rotatable bonds is 4. The van der Waals surface area contributed by atoms with Crippen LogP contribution < -0.4 is 0 Å². The Balaban J connectivity index is 2.05. The zero-order valence-electron chi connectivity index (χ0n) is 11.2. The molecule has 0 N–H and O–H groups in total. The van der Waals surface area contributed by atoms with E-state index < -0.39 is 30.4 Å². The maximum atomic E-state index is 12.3. The Morgan fingerprint density at radius 3 is 2.13 bits per heavy atom. The van der Waals surface area contributed by atoms with Gasteiger partial charge in [0.05, 0.1) is 0 Å². The summed E-state index contributed by atoms with van der Waals surface area (Å²) in [5.74, 6) is -3.63. The number of ketones is 1. The van der Waals surface area contributed by atoms with Gasteiger partial charge in [-0.2, -0.15) is 31.3 Å². The zero-order valence-corrected chi connectivity index (χ0v) is 11.2. The van der Waals surface area contributed by atoms with E-state index in [1.54, 1.807) is 0 Å². The second kappa shape index (κ2) is 6.01. The normalized spacial score (nSPS) is 12.4. The highest BCUT2D eigenvalue weighted by molar-refractivity contribution is 5.84. The number of halogens is 6. The van der Waals surface area contributed by atoms with Gasteiger partial charge in [0, 0.05) is 12.0 Å². The minimum absolute atomic E-state index is 0.140. The predicted octanol–water partition coefficient (Wildman–Crippen LogP) is 3.82. The lowest BCUT2D eigenvalue weighted by Crippen LogP contribution is -2.22. The number of Topliss-reactive ketones (excluding diaryl/α,β-unsaturated/α-hetero) is 1. The molecule has 1 aromatic heterocycles. The van der Waals surface area contributed by atoms with E-state index in [0.29, 0.717) is 5.56 Å². The lowest BCUT2D eigenvalue weighted by molar-refractivity contribution is -0.171. The number of benzene rings is 1. The van der Waals surface area contributed by atoms with E-state index in [2.05, 4.69) is 14.7 Å². The first-order valence-corrected chi connectivity index (χ1v) is 6.17. The standard InChI is InChI=1S/C13H8F6N2O2/c14-12(15,16)9(22)6-3-7-1-4-8(5-2-7)10-20-11(23-21-10)13(17,18)19/h1-2,4-5H,3,6H2. The van der Waals surface area contributed by atoms with Gasteiger partial charge in [0.1, 0.15) is 0 Å². The van der Waals surface area contributed by atoms with Crippen molar-refractivity contribution in [2.24, 2.45) is 0 Å². The number of hydrogen-bond acceptors (Lipinski definition) is 4. The van der Waals surface area contributed by atoms with Gasteiger partial charge in [0.2, 0.25) is 11.6 Å². The van der Waals surface area contributed by atoms with E-state index in [0.717, 1.165) is 0 Å². The van der Waals surface area contributed by atoms with E-state index in [9.17, 15) is 31.1 Å². The van der Waals surface area contributed by atoms with Crippen LogP contribution >= 0.6 is 0 Å². The molecule has 124 valence electrons. The van der Waals surface area contributed by atoms with E-state index in [1.165, 1.54) is 24.3 Å². The summed E-state index contributed by atoms with van der Waals surface area (Å²) in [5.41, 5.74) is 0.626. The summed E-state index contributed by atoms with van der Waals surface area (Å²) in [6.07, 6.45) is -10.5. The molecular formula is C13H8F6N2O2. The van der Waals surface area contributed by atoms with Gasteiger partial charge in [-0.05, 0) is 12.0 Å². The molecule has 10 heteroatoms. The zero-order chi connectivity index (χ0) is 17.3. The summed E-state index contributed by atoms with van der Waals surface area (Å²) >= 11 is 0. The quantitative estimate of drug-likeness (QED) is 0.796. The first kappa shape index (κ1) is 17.0. The first-order valence-electron chi connectivity index (χ1n) is 6.17. The highest BCUT2D eigenvalue weighted by Crippen LogP contribution is 2.29. The lowest BCUT2D eigenvalue weighted by atomic mass is 10.1. The van der Waals surface area contributed by atoms with Crippen LogP contribution in [0.25, 0.3) is 11.4 Å². The summed E-state index contributed by atoms with van der Waals surface area (Å²) in [4.78, 5) is 13.9. The van der Waals surface area contributed by atoms with Crippen molar-refractivity contribution < 1.29 is 35.7 Å². The largest absolute Gasteiger partial charge is 0.471 e. The summed E-state index contributed by atoms with van der Waals surface area (Å²) in [7, 11) is 0. The van der Waals surface area contributed by atoms with Gasteiger partial charge in [-0.25, -0.2) is 0 Å². The van der Waals surface area contributed by atoms with Crippen LogP contribution in [0.1, 0.15) is 17.9 Å². The molecule has 0 atom stereocenters. The van der Waals surface area contributed by atoms with Crippen LogP contribution in [0.3, 0.4) is 0 Å². The molecule has 2 rings (SSSR count). The Morgan fingerprint density at radius 1 is 1.04 bits per heavy atom. The molecule has 0 bridgehead atoms. The van der Waals surface area contributed by atoms with E-state index >= 15 is 0 Å². The number of aryl methyl sites for hydroxylation is 1. The van der Waals surface area contributed by atoms with Crippen LogP contribution in [0.5, 0.6) is 0 Å². The Morgan fingerprint density at radius 2 is 1.65 bits per heavy atom. The average Bonchev–Trinajstić information content (AvgIpc) is 2.94. The van der Waals surface area contributed by atoms with Crippen molar-refractivity contribution in [3.05, 3.63) is 35.7 Å². The molecule has 23 heavy (non-hydrogen) atoms. The highest BCUT2D eigenvalue weighted by atomic mass is 19.4. The second-order valence-electron chi connectivity index (χ2n) is 4.54. The summed E-state index contributed by atoms with van der Waals surface area (Å²) in [5, 5.41) is 3.18. The van der Waals surface area contributed by atoms with Crippen LogP contribution in [0.15, 0.2) is 28.8 Å². The van der Waals surface area contributed by atoms with E-state index in [1.807, 2.05) is 0 Å². The van der Waals surface area contributed by atoms with Crippen molar-refractivity contribution >= 4 is 5.78 Å². The summed E-state index contributed by atoms with van der Waals surface area (Å²) < 4.78 is 77.3. The molecule has 1 aromatic carbocycles. The van der Waals surface area contributed by atoms with Crippen LogP contribution in [-0.2, 0) is 17.4 Å². The first-order chi connectivity index (χ1) is 10.6. The molecule has 0 radical (unpaired) electrons. The third-order valence-corrected chi connectivity index (χ3v) is 2.84. The Kier molecular flexibility index (Phi) is 4.44. The molecule has 0 spiro atoms. The molecule has 2 aromatic rings. The number of carbonyl (C=O) groups excluding carboxylic acids is 1. The predicted molar refractivity (Wildman–Crippen MR) is 64.1 cm³/mol. The van der Waals surface area contributed by atoms with Crippen LogP contribution in [0.2, 0.25) is 0 Å². The van der Waals surface area contributed by atoms with Crippen molar-refractivity contribution in [3.8, 4) is 11.4 Å². The average molecular weight is 338 g/mol. The van der Waals surface area contributed by atoms with Crippen molar-refractivity contribution in [1.29, 1.82) is 0 Å². The molecule has 0 aliphatic rings. The Bertz CT molecular complexity index is 688. The van der Waals surface area contributed by atoms with Gasteiger partial charge in [-0.15, -0.1) is 0 Å². The fraction of sp³-hybridized carbons (Fsp3) is 0.308. The minimum atomic E-state index is -4.88. The van der Waals surface area contributed by atoms with Gasteiger partial charge in [0.15, 0.2) is 0 Å². The maximum Gasteiger partial charge on any atom is 0.471 e. The monoisotopic (exact) mass is 338 g/mol. The number of hydrogen-bond donors (Lipinski definition) is 0. The fourth-order valence-electron chi connectivity index (χ4n) is 1.68. The van der Waals surface area contributed by atoms with Crippen LogP contribution in [0.4, 0.5) is 26.3 Å². The Labute approximate surface area is 125 Å². The molecule has 1 heterocycles. The van der Waals surface area contributed by atoms with Crippen molar-refractivity contribution in [2.45, 2.75) is 25.2 Å².